The summed E-state index contributed by atoms with van der Waals surface area (Å²) >= 11 is 0. The Morgan fingerprint density at radius 1 is 1.15 bits per heavy atom. The van der Waals surface area contributed by atoms with Gasteiger partial charge in [-0.25, -0.2) is 0 Å². The number of hydrogen-bond acceptors (Lipinski definition) is 7. The SMILES string of the molecule is COCc1cccc(C[C@@H](O)/C=C/[C@@H]2C(CCCCCCC(=O)OC)=C(OC(C)=O)C[C@H]2O)c1. The smallest absolute Gasteiger partial charge is 0.307 e. The number of benzene rings is 1. The van der Waals surface area contributed by atoms with Crippen LogP contribution in [-0.4, -0.2) is 48.6 Å². The summed E-state index contributed by atoms with van der Waals surface area (Å²) in [6.45, 7) is 1.87. The average molecular weight is 475 g/mol. The second-order valence-electron chi connectivity index (χ2n) is 8.74. The molecule has 2 N–H and O–H groups in total. The molecular formula is C27H38O7. The first-order chi connectivity index (χ1) is 16.3. The van der Waals surface area contributed by atoms with Crippen molar-refractivity contribution in [3.8, 4) is 0 Å². The van der Waals surface area contributed by atoms with Crippen LogP contribution >= 0.6 is 0 Å². The quantitative estimate of drug-likeness (QED) is 0.239. The normalized spacial score (nSPS) is 19.0. The molecular weight excluding hydrogens is 436 g/mol. The summed E-state index contributed by atoms with van der Waals surface area (Å²) < 4.78 is 15.2. The van der Waals surface area contributed by atoms with Crippen LogP contribution in [0.15, 0.2) is 47.7 Å². The van der Waals surface area contributed by atoms with Crippen molar-refractivity contribution in [2.75, 3.05) is 14.2 Å². The van der Waals surface area contributed by atoms with E-state index in [9.17, 15) is 19.8 Å². The van der Waals surface area contributed by atoms with Gasteiger partial charge in [0, 0.05) is 39.2 Å². The number of hydrogen-bond donors (Lipinski definition) is 2. The Bertz CT molecular complexity index is 858. The minimum Gasteiger partial charge on any atom is -0.469 e. The number of carbonyl (C=O) groups is 2. The van der Waals surface area contributed by atoms with Gasteiger partial charge in [-0.15, -0.1) is 0 Å². The molecule has 0 aromatic heterocycles. The van der Waals surface area contributed by atoms with E-state index in [2.05, 4.69) is 4.74 Å². The Labute approximate surface area is 202 Å². The van der Waals surface area contributed by atoms with Crippen LogP contribution in [0.25, 0.3) is 0 Å². The Morgan fingerprint density at radius 3 is 2.59 bits per heavy atom. The first-order valence-corrected chi connectivity index (χ1v) is 11.9. The van der Waals surface area contributed by atoms with Gasteiger partial charge in [-0.2, -0.15) is 0 Å². The highest BCUT2D eigenvalue weighted by Gasteiger charge is 2.33. The molecule has 0 fully saturated rings. The van der Waals surface area contributed by atoms with Crippen molar-refractivity contribution in [2.24, 2.45) is 5.92 Å². The molecule has 0 bridgehead atoms. The molecule has 0 saturated carbocycles. The van der Waals surface area contributed by atoms with Crippen molar-refractivity contribution in [2.45, 2.75) is 77.1 Å². The zero-order valence-corrected chi connectivity index (χ0v) is 20.5. The molecule has 0 aliphatic heterocycles. The molecule has 0 amide bonds. The van der Waals surface area contributed by atoms with Crippen LogP contribution in [0.1, 0.15) is 63.0 Å². The monoisotopic (exact) mass is 474 g/mol. The van der Waals surface area contributed by atoms with E-state index in [-0.39, 0.29) is 18.3 Å². The van der Waals surface area contributed by atoms with E-state index < -0.39 is 18.2 Å². The van der Waals surface area contributed by atoms with Gasteiger partial charge >= 0.3 is 11.9 Å². The average Bonchev–Trinajstić information content (AvgIpc) is 3.08. The van der Waals surface area contributed by atoms with E-state index in [0.29, 0.717) is 31.6 Å². The molecule has 0 unspecified atom stereocenters. The van der Waals surface area contributed by atoms with Gasteiger partial charge in [0.15, 0.2) is 0 Å². The number of aliphatic hydroxyl groups is 2. The second-order valence-corrected chi connectivity index (χ2v) is 8.74. The topological polar surface area (TPSA) is 102 Å². The summed E-state index contributed by atoms with van der Waals surface area (Å²) in [5, 5.41) is 21.2. The summed E-state index contributed by atoms with van der Waals surface area (Å²) in [7, 11) is 3.04. The van der Waals surface area contributed by atoms with E-state index in [1.807, 2.05) is 30.3 Å². The zero-order valence-electron chi connectivity index (χ0n) is 20.5. The molecule has 1 aromatic carbocycles. The number of methoxy groups -OCH3 is 2. The molecule has 0 spiro atoms. The maximum absolute atomic E-state index is 11.6. The summed E-state index contributed by atoms with van der Waals surface area (Å²) in [5.41, 5.74) is 2.95. The Morgan fingerprint density at radius 2 is 1.88 bits per heavy atom. The first kappa shape index (κ1) is 27.8. The van der Waals surface area contributed by atoms with Crippen molar-refractivity contribution >= 4 is 11.9 Å². The van der Waals surface area contributed by atoms with E-state index in [1.54, 1.807) is 13.2 Å². The molecule has 0 heterocycles. The fourth-order valence-corrected chi connectivity index (χ4v) is 4.31. The third-order valence-corrected chi connectivity index (χ3v) is 5.93. The second kappa shape index (κ2) is 14.7. The molecule has 34 heavy (non-hydrogen) atoms. The summed E-state index contributed by atoms with van der Waals surface area (Å²) in [4.78, 5) is 22.8. The number of carbonyl (C=O) groups excluding carboxylic acids is 2. The maximum Gasteiger partial charge on any atom is 0.307 e. The third kappa shape index (κ3) is 9.41. The number of aliphatic hydroxyl groups excluding tert-OH is 2. The fourth-order valence-electron chi connectivity index (χ4n) is 4.31. The Hall–Kier alpha value is -2.48. The molecule has 7 nitrogen and oxygen atoms in total. The van der Waals surface area contributed by atoms with Gasteiger partial charge in [-0.05, 0) is 36.0 Å². The van der Waals surface area contributed by atoms with E-state index in [1.165, 1.54) is 14.0 Å². The van der Waals surface area contributed by atoms with Crippen molar-refractivity contribution in [1.82, 2.24) is 0 Å². The number of ether oxygens (including phenoxy) is 3. The van der Waals surface area contributed by atoms with Crippen LogP contribution in [0.2, 0.25) is 0 Å². The third-order valence-electron chi connectivity index (χ3n) is 5.93. The standard InChI is InChI=1S/C27H38O7/c1-19(28)34-26-17-25(30)23(24(26)11-6-4-5-7-12-27(31)33-3)14-13-22(29)16-20-9-8-10-21(15-20)18-32-2/h8-10,13-15,22-23,25,29-30H,4-7,11-12,16-18H2,1-3H3/b14-13+/t22-,23+,25+/m0/s1. The highest BCUT2D eigenvalue weighted by molar-refractivity contribution is 5.69. The predicted molar refractivity (Wildman–Crippen MR) is 129 cm³/mol. The van der Waals surface area contributed by atoms with Crippen LogP contribution in [0.4, 0.5) is 0 Å². The summed E-state index contributed by atoms with van der Waals surface area (Å²) in [6, 6.07) is 7.89. The molecule has 7 heteroatoms. The van der Waals surface area contributed by atoms with Crippen LogP contribution in [-0.2, 0) is 36.8 Å². The highest BCUT2D eigenvalue weighted by atomic mass is 16.5. The van der Waals surface area contributed by atoms with Gasteiger partial charge in [0.1, 0.15) is 5.76 Å². The summed E-state index contributed by atoms with van der Waals surface area (Å²) in [5.74, 6) is -0.379. The zero-order chi connectivity index (χ0) is 24.9. The Kier molecular flexibility index (Phi) is 12.0. The number of esters is 2. The van der Waals surface area contributed by atoms with Crippen LogP contribution in [0.5, 0.6) is 0 Å². The molecule has 1 aliphatic carbocycles. The minimum atomic E-state index is -0.706. The molecule has 188 valence electrons. The van der Waals surface area contributed by atoms with Crippen molar-refractivity contribution in [3.05, 3.63) is 58.9 Å². The number of unbranched alkanes of at least 4 members (excludes halogenated alkanes) is 3. The largest absolute Gasteiger partial charge is 0.469 e. The van der Waals surface area contributed by atoms with Crippen LogP contribution in [0, 0.1) is 5.92 Å². The van der Waals surface area contributed by atoms with E-state index in [0.717, 1.165) is 42.4 Å². The van der Waals surface area contributed by atoms with E-state index >= 15 is 0 Å². The number of rotatable bonds is 14. The van der Waals surface area contributed by atoms with Crippen molar-refractivity contribution < 1.29 is 34.0 Å². The Balaban J connectivity index is 1.98. The minimum absolute atomic E-state index is 0.201. The van der Waals surface area contributed by atoms with Gasteiger partial charge in [-0.3, -0.25) is 9.59 Å². The van der Waals surface area contributed by atoms with Crippen molar-refractivity contribution in [3.63, 3.8) is 0 Å². The van der Waals surface area contributed by atoms with Gasteiger partial charge < -0.3 is 24.4 Å². The van der Waals surface area contributed by atoms with Gasteiger partial charge in [0.05, 0.1) is 25.9 Å². The molecule has 3 atom stereocenters. The van der Waals surface area contributed by atoms with Gasteiger partial charge in [0.25, 0.3) is 0 Å². The molecule has 0 radical (unpaired) electrons. The highest BCUT2D eigenvalue weighted by Crippen LogP contribution is 2.37. The van der Waals surface area contributed by atoms with Crippen LogP contribution in [0.3, 0.4) is 0 Å². The lowest BCUT2D eigenvalue weighted by molar-refractivity contribution is -0.140. The molecule has 1 aromatic rings. The molecule has 0 saturated heterocycles. The van der Waals surface area contributed by atoms with Crippen LogP contribution < -0.4 is 0 Å². The lowest BCUT2D eigenvalue weighted by atomic mass is 9.93. The van der Waals surface area contributed by atoms with Crippen molar-refractivity contribution in [1.29, 1.82) is 0 Å². The first-order valence-electron chi connectivity index (χ1n) is 11.9. The lowest BCUT2D eigenvalue weighted by Crippen LogP contribution is -2.16. The molecule has 2 rings (SSSR count). The fraction of sp³-hybridized carbons (Fsp3) is 0.556. The van der Waals surface area contributed by atoms with Gasteiger partial charge in [-0.1, -0.05) is 49.3 Å². The van der Waals surface area contributed by atoms with Gasteiger partial charge in [0.2, 0.25) is 0 Å². The maximum atomic E-state index is 11.6. The lowest BCUT2D eigenvalue weighted by Gasteiger charge is -2.16. The molecule has 1 aliphatic rings. The predicted octanol–water partition coefficient (Wildman–Crippen LogP) is 4.00. The summed E-state index contributed by atoms with van der Waals surface area (Å²) in [6.07, 6.45) is 7.40. The van der Waals surface area contributed by atoms with E-state index in [4.69, 9.17) is 9.47 Å².